The lowest BCUT2D eigenvalue weighted by molar-refractivity contribution is -0.134. The van der Waals surface area contributed by atoms with Gasteiger partial charge in [0.05, 0.1) is 16.1 Å². The first-order valence-electron chi connectivity index (χ1n) is 6.44. The normalized spacial score (nSPS) is 16.2. The number of amides is 1. The molecule has 1 saturated carbocycles. The van der Waals surface area contributed by atoms with E-state index in [9.17, 15) is 4.79 Å². The van der Waals surface area contributed by atoms with Gasteiger partial charge in [0.25, 0.3) is 0 Å². The summed E-state index contributed by atoms with van der Waals surface area (Å²) in [5, 5.41) is 4.07. The largest absolute Gasteiger partial charge is 0.334 e. The number of carbonyl (C=O) groups is 1. The number of likely N-dealkylation sites (N-methyl/N-ethyl adjacent to an activating group) is 1. The molecule has 1 N–H and O–H groups in total. The summed E-state index contributed by atoms with van der Waals surface area (Å²) in [6.07, 6.45) is 2.17. The van der Waals surface area contributed by atoms with Gasteiger partial charge in [-0.1, -0.05) is 29.3 Å². The molecule has 104 valence electrons. The molecule has 0 bridgehead atoms. The van der Waals surface area contributed by atoms with Crippen LogP contribution in [0.15, 0.2) is 18.2 Å². The standard InChI is InChI=1S/C14H18Cl2N2O/c1-9(17-2)14(19)18(11-4-5-11)8-10-3-6-12(15)13(16)7-10/h3,6-7,9,11,17H,4-5,8H2,1-2H3. The van der Waals surface area contributed by atoms with Gasteiger partial charge in [0.15, 0.2) is 0 Å². The average Bonchev–Trinajstić information content (AvgIpc) is 3.22. The monoisotopic (exact) mass is 300 g/mol. The number of benzene rings is 1. The van der Waals surface area contributed by atoms with E-state index in [1.165, 1.54) is 0 Å². The lowest BCUT2D eigenvalue weighted by Gasteiger charge is -2.26. The maximum Gasteiger partial charge on any atom is 0.239 e. The summed E-state index contributed by atoms with van der Waals surface area (Å²) >= 11 is 11.9. The number of nitrogens with one attached hydrogen (secondary N) is 1. The van der Waals surface area contributed by atoms with Crippen LogP contribution >= 0.6 is 23.2 Å². The third-order valence-corrected chi connectivity index (χ3v) is 4.15. The Morgan fingerprint density at radius 3 is 2.63 bits per heavy atom. The summed E-state index contributed by atoms with van der Waals surface area (Å²) in [5.74, 6) is 0.135. The minimum absolute atomic E-state index is 0.135. The van der Waals surface area contributed by atoms with Crippen molar-refractivity contribution in [2.45, 2.75) is 38.4 Å². The van der Waals surface area contributed by atoms with Gasteiger partial charge in [0, 0.05) is 12.6 Å². The van der Waals surface area contributed by atoms with Gasteiger partial charge < -0.3 is 10.2 Å². The molecule has 3 nitrogen and oxygen atoms in total. The molecule has 19 heavy (non-hydrogen) atoms. The molecule has 0 aromatic heterocycles. The predicted molar refractivity (Wildman–Crippen MR) is 78.6 cm³/mol. The van der Waals surface area contributed by atoms with Gasteiger partial charge in [-0.2, -0.15) is 0 Å². The van der Waals surface area contributed by atoms with Crippen LogP contribution in [0.25, 0.3) is 0 Å². The van der Waals surface area contributed by atoms with Crippen molar-refractivity contribution in [3.05, 3.63) is 33.8 Å². The van der Waals surface area contributed by atoms with Crippen LogP contribution in [0.3, 0.4) is 0 Å². The highest BCUT2D eigenvalue weighted by atomic mass is 35.5. The molecule has 0 saturated heterocycles. The van der Waals surface area contributed by atoms with Crippen LogP contribution < -0.4 is 5.32 Å². The molecule has 1 atom stereocenters. The quantitative estimate of drug-likeness (QED) is 0.906. The van der Waals surface area contributed by atoms with Crippen molar-refractivity contribution in [1.82, 2.24) is 10.2 Å². The molecule has 5 heteroatoms. The fourth-order valence-corrected chi connectivity index (χ4v) is 2.30. The third-order valence-electron chi connectivity index (χ3n) is 3.41. The van der Waals surface area contributed by atoms with Crippen LogP contribution in [-0.4, -0.2) is 29.9 Å². The van der Waals surface area contributed by atoms with E-state index < -0.39 is 0 Å². The zero-order chi connectivity index (χ0) is 14.0. The Balaban J connectivity index is 2.12. The smallest absolute Gasteiger partial charge is 0.239 e. The number of nitrogens with zero attached hydrogens (tertiary/aromatic N) is 1. The molecule has 0 radical (unpaired) electrons. The zero-order valence-corrected chi connectivity index (χ0v) is 12.6. The van der Waals surface area contributed by atoms with Crippen molar-refractivity contribution < 1.29 is 4.79 Å². The molecular formula is C14H18Cl2N2O. The SMILES string of the molecule is CNC(C)C(=O)N(Cc1ccc(Cl)c(Cl)c1)C1CC1. The molecule has 2 rings (SSSR count). The van der Waals surface area contributed by atoms with Crippen LogP contribution in [0, 0.1) is 0 Å². The van der Waals surface area contributed by atoms with Crippen molar-refractivity contribution in [2.24, 2.45) is 0 Å². The van der Waals surface area contributed by atoms with E-state index in [0.29, 0.717) is 22.6 Å². The Morgan fingerprint density at radius 2 is 2.11 bits per heavy atom. The molecule has 0 heterocycles. The van der Waals surface area contributed by atoms with Crippen LogP contribution in [0.4, 0.5) is 0 Å². The summed E-state index contributed by atoms with van der Waals surface area (Å²) in [4.78, 5) is 14.2. The Kier molecular flexibility index (Phi) is 4.71. The predicted octanol–water partition coefficient (Wildman–Crippen LogP) is 3.09. The van der Waals surface area contributed by atoms with Crippen molar-refractivity contribution in [2.75, 3.05) is 7.05 Å². The molecule has 1 amide bonds. The van der Waals surface area contributed by atoms with E-state index in [-0.39, 0.29) is 11.9 Å². The van der Waals surface area contributed by atoms with Crippen molar-refractivity contribution in [3.63, 3.8) is 0 Å². The second-order valence-electron chi connectivity index (χ2n) is 4.96. The highest BCUT2D eigenvalue weighted by Crippen LogP contribution is 2.30. The van der Waals surface area contributed by atoms with Crippen molar-refractivity contribution in [1.29, 1.82) is 0 Å². The number of rotatable bonds is 5. The second kappa shape index (κ2) is 6.12. The number of halogens is 2. The number of hydrogen-bond donors (Lipinski definition) is 1. The first kappa shape index (κ1) is 14.6. The molecule has 1 fully saturated rings. The minimum Gasteiger partial charge on any atom is -0.334 e. The zero-order valence-electron chi connectivity index (χ0n) is 11.1. The maximum absolute atomic E-state index is 12.3. The van der Waals surface area contributed by atoms with Crippen LogP contribution in [0.1, 0.15) is 25.3 Å². The molecule has 1 unspecified atom stereocenters. The number of carbonyl (C=O) groups excluding carboxylic acids is 1. The minimum atomic E-state index is -0.164. The van der Waals surface area contributed by atoms with E-state index in [2.05, 4.69) is 5.32 Å². The Labute approximate surface area is 123 Å². The van der Waals surface area contributed by atoms with Gasteiger partial charge in [-0.25, -0.2) is 0 Å². The first-order valence-corrected chi connectivity index (χ1v) is 7.20. The van der Waals surface area contributed by atoms with Gasteiger partial charge in [-0.3, -0.25) is 4.79 Å². The van der Waals surface area contributed by atoms with Gasteiger partial charge in [0.2, 0.25) is 5.91 Å². The number of hydrogen-bond acceptors (Lipinski definition) is 2. The fraction of sp³-hybridized carbons (Fsp3) is 0.500. The van der Waals surface area contributed by atoms with Crippen molar-refractivity contribution in [3.8, 4) is 0 Å². The summed E-state index contributed by atoms with van der Waals surface area (Å²) < 4.78 is 0. The topological polar surface area (TPSA) is 32.3 Å². The van der Waals surface area contributed by atoms with Gasteiger partial charge in [0.1, 0.15) is 0 Å². The molecule has 1 aliphatic rings. The molecule has 0 aliphatic heterocycles. The van der Waals surface area contributed by atoms with Crippen LogP contribution in [0.2, 0.25) is 10.0 Å². The Morgan fingerprint density at radius 1 is 1.42 bits per heavy atom. The lowest BCUT2D eigenvalue weighted by atomic mass is 10.2. The summed E-state index contributed by atoms with van der Waals surface area (Å²) in [5.41, 5.74) is 1.01. The van der Waals surface area contributed by atoms with E-state index in [4.69, 9.17) is 23.2 Å². The Bertz CT molecular complexity index is 475. The molecule has 1 aromatic rings. The average molecular weight is 301 g/mol. The summed E-state index contributed by atoms with van der Waals surface area (Å²) in [6.45, 7) is 2.47. The molecule has 1 aromatic carbocycles. The molecule has 1 aliphatic carbocycles. The van der Waals surface area contributed by atoms with Gasteiger partial charge in [-0.05, 0) is 44.5 Å². The summed E-state index contributed by atoms with van der Waals surface area (Å²) in [6, 6.07) is 5.73. The fourth-order valence-electron chi connectivity index (χ4n) is 1.98. The second-order valence-corrected chi connectivity index (χ2v) is 5.77. The van der Waals surface area contributed by atoms with E-state index in [1.54, 1.807) is 13.1 Å². The first-order chi connectivity index (χ1) is 9.02. The third kappa shape index (κ3) is 3.62. The summed E-state index contributed by atoms with van der Waals surface area (Å²) in [7, 11) is 1.80. The maximum atomic E-state index is 12.3. The van der Waals surface area contributed by atoms with E-state index in [0.717, 1.165) is 18.4 Å². The van der Waals surface area contributed by atoms with Crippen molar-refractivity contribution >= 4 is 29.1 Å². The van der Waals surface area contributed by atoms with Gasteiger partial charge >= 0.3 is 0 Å². The van der Waals surface area contributed by atoms with Crippen LogP contribution in [0.5, 0.6) is 0 Å². The van der Waals surface area contributed by atoms with E-state index in [1.807, 2.05) is 24.0 Å². The van der Waals surface area contributed by atoms with Gasteiger partial charge in [-0.15, -0.1) is 0 Å². The van der Waals surface area contributed by atoms with E-state index >= 15 is 0 Å². The molecule has 0 spiro atoms. The molecular weight excluding hydrogens is 283 g/mol. The van der Waals surface area contributed by atoms with Crippen LogP contribution in [-0.2, 0) is 11.3 Å². The highest BCUT2D eigenvalue weighted by Gasteiger charge is 2.34. The highest BCUT2D eigenvalue weighted by molar-refractivity contribution is 6.42. The Hall–Kier alpha value is -0.770. The lowest BCUT2D eigenvalue weighted by Crippen LogP contribution is -2.44.